The number of aliphatic hydroxyl groups excluding tert-OH is 1. The van der Waals surface area contributed by atoms with Crippen LogP contribution in [-0.4, -0.2) is 16.0 Å². The van der Waals surface area contributed by atoms with Crippen molar-refractivity contribution in [2.45, 2.75) is 32.8 Å². The van der Waals surface area contributed by atoms with E-state index in [4.69, 9.17) is 0 Å². The first-order valence-corrected chi connectivity index (χ1v) is 7.41. The number of aromatic nitrogens is 1. The number of hydrogen-bond donors (Lipinski definition) is 2. The zero-order valence-electron chi connectivity index (χ0n) is 11.6. The van der Waals surface area contributed by atoms with Crippen molar-refractivity contribution in [1.82, 2.24) is 4.98 Å². The number of anilines is 1. The monoisotopic (exact) mass is 290 g/mol. The number of carbonyl (C=O) groups excluding carboxylic acids is 1. The van der Waals surface area contributed by atoms with Gasteiger partial charge in [0, 0.05) is 11.8 Å². The lowest BCUT2D eigenvalue weighted by Crippen LogP contribution is -2.12. The van der Waals surface area contributed by atoms with E-state index in [0.29, 0.717) is 23.7 Å². The van der Waals surface area contributed by atoms with E-state index in [1.165, 1.54) is 16.9 Å². The Morgan fingerprint density at radius 2 is 2.30 bits per heavy atom. The van der Waals surface area contributed by atoms with Crippen LogP contribution in [0.4, 0.5) is 5.13 Å². The number of aliphatic hydroxyl groups is 1. The molecule has 106 valence electrons. The van der Waals surface area contributed by atoms with E-state index >= 15 is 0 Å². The maximum Gasteiger partial charge on any atom is 0.226 e. The molecule has 0 aliphatic rings. The first-order chi connectivity index (χ1) is 9.54. The summed E-state index contributed by atoms with van der Waals surface area (Å²) in [5, 5.41) is 14.4. The van der Waals surface area contributed by atoms with Crippen LogP contribution >= 0.6 is 11.3 Å². The number of amides is 1. The van der Waals surface area contributed by atoms with Gasteiger partial charge in [0.2, 0.25) is 5.91 Å². The van der Waals surface area contributed by atoms with Crippen molar-refractivity contribution < 1.29 is 9.90 Å². The molecule has 2 aromatic rings. The van der Waals surface area contributed by atoms with Crippen LogP contribution in [0, 0.1) is 6.92 Å². The molecule has 5 heteroatoms. The van der Waals surface area contributed by atoms with Crippen LogP contribution in [0.2, 0.25) is 0 Å². The highest BCUT2D eigenvalue weighted by Gasteiger charge is 2.09. The summed E-state index contributed by atoms with van der Waals surface area (Å²) < 4.78 is 0. The third kappa shape index (κ3) is 4.15. The van der Waals surface area contributed by atoms with Gasteiger partial charge in [0.05, 0.1) is 11.8 Å². The molecule has 0 saturated heterocycles. The predicted molar refractivity (Wildman–Crippen MR) is 80.9 cm³/mol. The molecule has 0 fully saturated rings. The highest BCUT2D eigenvalue weighted by atomic mass is 32.1. The molecule has 0 radical (unpaired) electrons. The van der Waals surface area contributed by atoms with Gasteiger partial charge in [0.25, 0.3) is 0 Å². The van der Waals surface area contributed by atoms with E-state index in [1.54, 1.807) is 12.3 Å². The third-order valence-electron chi connectivity index (χ3n) is 2.92. The molecule has 1 unspecified atom stereocenters. The fraction of sp³-hybridized carbons (Fsp3) is 0.333. The Bertz CT molecular complexity index is 593. The van der Waals surface area contributed by atoms with Crippen molar-refractivity contribution in [2.24, 2.45) is 0 Å². The van der Waals surface area contributed by atoms with E-state index in [2.05, 4.69) is 16.4 Å². The first-order valence-electron chi connectivity index (χ1n) is 6.53. The fourth-order valence-electron chi connectivity index (χ4n) is 1.84. The highest BCUT2D eigenvalue weighted by Crippen LogP contribution is 2.20. The summed E-state index contributed by atoms with van der Waals surface area (Å²) in [7, 11) is 0. The third-order valence-corrected chi connectivity index (χ3v) is 3.70. The molecular formula is C15H18N2O2S. The minimum Gasteiger partial charge on any atom is -0.387 e. The lowest BCUT2D eigenvalue weighted by atomic mass is 10.1. The normalized spacial score (nSPS) is 12.2. The maximum atomic E-state index is 11.8. The first kappa shape index (κ1) is 14.7. The number of hydrogen-bond acceptors (Lipinski definition) is 4. The summed E-state index contributed by atoms with van der Waals surface area (Å²) in [5.41, 5.74) is 2.94. The number of aryl methyl sites for hydroxylation is 2. The molecule has 1 heterocycles. The summed E-state index contributed by atoms with van der Waals surface area (Å²) >= 11 is 1.33. The van der Waals surface area contributed by atoms with Gasteiger partial charge in [0.1, 0.15) is 0 Å². The zero-order valence-corrected chi connectivity index (χ0v) is 12.4. The number of benzene rings is 1. The van der Waals surface area contributed by atoms with E-state index in [-0.39, 0.29) is 5.91 Å². The van der Waals surface area contributed by atoms with Crippen molar-refractivity contribution in [3.8, 4) is 0 Å². The molecule has 0 spiro atoms. The molecule has 1 aromatic carbocycles. The maximum absolute atomic E-state index is 11.8. The number of carbonyl (C=O) groups is 1. The van der Waals surface area contributed by atoms with E-state index in [1.807, 2.05) is 25.1 Å². The van der Waals surface area contributed by atoms with Crippen LogP contribution < -0.4 is 5.32 Å². The molecule has 20 heavy (non-hydrogen) atoms. The Hall–Kier alpha value is -1.72. The van der Waals surface area contributed by atoms with Crippen LogP contribution in [0.25, 0.3) is 0 Å². The number of nitrogens with zero attached hydrogens (tertiary/aromatic N) is 1. The smallest absolute Gasteiger partial charge is 0.226 e. The van der Waals surface area contributed by atoms with Gasteiger partial charge in [-0.2, -0.15) is 0 Å². The number of thiazole rings is 1. The highest BCUT2D eigenvalue weighted by molar-refractivity contribution is 7.13. The largest absolute Gasteiger partial charge is 0.387 e. The topological polar surface area (TPSA) is 62.2 Å². The van der Waals surface area contributed by atoms with Crippen LogP contribution in [-0.2, 0) is 11.2 Å². The minimum atomic E-state index is -0.607. The average Bonchev–Trinajstić information content (AvgIpc) is 2.85. The average molecular weight is 290 g/mol. The zero-order chi connectivity index (χ0) is 14.5. The Kier molecular flexibility index (Phi) is 4.87. The molecule has 0 saturated carbocycles. The molecule has 0 aliphatic heterocycles. The van der Waals surface area contributed by atoms with Crippen molar-refractivity contribution in [2.75, 3.05) is 5.32 Å². The lowest BCUT2D eigenvalue weighted by molar-refractivity contribution is -0.116. The van der Waals surface area contributed by atoms with Gasteiger partial charge in [-0.05, 0) is 25.8 Å². The Labute approximate surface area is 122 Å². The van der Waals surface area contributed by atoms with Crippen LogP contribution in [0.15, 0.2) is 29.6 Å². The van der Waals surface area contributed by atoms with Crippen molar-refractivity contribution >= 4 is 22.4 Å². The second kappa shape index (κ2) is 6.63. The molecule has 0 bridgehead atoms. The van der Waals surface area contributed by atoms with Crippen molar-refractivity contribution in [1.29, 1.82) is 0 Å². The lowest BCUT2D eigenvalue weighted by Gasteiger charge is -2.03. The van der Waals surface area contributed by atoms with Crippen molar-refractivity contribution in [3.05, 3.63) is 46.5 Å². The molecule has 0 aliphatic carbocycles. The number of nitrogens with one attached hydrogen (secondary N) is 1. The molecule has 2 N–H and O–H groups in total. The summed E-state index contributed by atoms with van der Waals surface area (Å²) in [6.07, 6.45) is 0.527. The Morgan fingerprint density at radius 3 is 2.95 bits per heavy atom. The van der Waals surface area contributed by atoms with Gasteiger partial charge in [-0.3, -0.25) is 4.79 Å². The predicted octanol–water partition coefficient (Wildman–Crippen LogP) is 3.08. The Balaban J connectivity index is 1.86. The quantitative estimate of drug-likeness (QED) is 0.889. The van der Waals surface area contributed by atoms with Crippen LogP contribution in [0.3, 0.4) is 0 Å². The molecule has 1 aromatic heterocycles. The fourth-order valence-corrected chi connectivity index (χ4v) is 2.66. The van der Waals surface area contributed by atoms with Gasteiger partial charge >= 0.3 is 0 Å². The molecule has 4 nitrogen and oxygen atoms in total. The summed E-state index contributed by atoms with van der Waals surface area (Å²) in [4.78, 5) is 16.0. The number of rotatable bonds is 5. The molecule has 2 rings (SSSR count). The molecular weight excluding hydrogens is 272 g/mol. The second-order valence-corrected chi connectivity index (χ2v) is 5.65. The Morgan fingerprint density at radius 1 is 1.50 bits per heavy atom. The van der Waals surface area contributed by atoms with Crippen molar-refractivity contribution in [3.63, 3.8) is 0 Å². The summed E-state index contributed by atoms with van der Waals surface area (Å²) in [6.45, 7) is 3.69. The van der Waals surface area contributed by atoms with Crippen LogP contribution in [0.5, 0.6) is 0 Å². The van der Waals surface area contributed by atoms with Crippen LogP contribution in [0.1, 0.15) is 36.3 Å². The van der Waals surface area contributed by atoms with Gasteiger partial charge in [-0.25, -0.2) is 4.98 Å². The second-order valence-electron chi connectivity index (χ2n) is 4.79. The molecule has 1 atom stereocenters. The van der Waals surface area contributed by atoms with E-state index in [9.17, 15) is 9.90 Å². The standard InChI is InChI=1S/C15H18N2O2S/c1-10-4-3-5-12(8-10)6-7-14(19)17-15-16-13(9-20-15)11(2)18/h3-5,8-9,11,18H,6-7H2,1-2H3,(H,16,17,19). The van der Waals surface area contributed by atoms with E-state index in [0.717, 1.165) is 5.56 Å². The van der Waals surface area contributed by atoms with Gasteiger partial charge < -0.3 is 10.4 Å². The molecule has 1 amide bonds. The van der Waals surface area contributed by atoms with Gasteiger partial charge in [-0.15, -0.1) is 11.3 Å². The summed E-state index contributed by atoms with van der Waals surface area (Å²) in [5.74, 6) is -0.0574. The minimum absolute atomic E-state index is 0.0574. The van der Waals surface area contributed by atoms with E-state index < -0.39 is 6.10 Å². The van der Waals surface area contributed by atoms with Gasteiger partial charge in [0.15, 0.2) is 5.13 Å². The summed E-state index contributed by atoms with van der Waals surface area (Å²) in [6, 6.07) is 8.15. The van der Waals surface area contributed by atoms with Gasteiger partial charge in [-0.1, -0.05) is 29.8 Å². The SMILES string of the molecule is Cc1cccc(CCC(=O)Nc2nc(C(C)O)cs2)c1.